The van der Waals surface area contributed by atoms with Crippen molar-refractivity contribution in [3.63, 3.8) is 0 Å². The number of nitrogens with one attached hydrogen (secondary N) is 1. The molecule has 3 rings (SSSR count). The molecule has 0 bridgehead atoms. The zero-order valence-corrected chi connectivity index (χ0v) is 15.5. The summed E-state index contributed by atoms with van der Waals surface area (Å²) in [5.74, 6) is -0.0453. The van der Waals surface area contributed by atoms with Crippen LogP contribution in [0.1, 0.15) is 41.9 Å². The van der Waals surface area contributed by atoms with Gasteiger partial charge in [-0.3, -0.25) is 14.5 Å². The van der Waals surface area contributed by atoms with Gasteiger partial charge < -0.3 is 5.32 Å². The van der Waals surface area contributed by atoms with Crippen molar-refractivity contribution in [2.45, 2.75) is 32.4 Å². The molecule has 1 N–H and O–H groups in total. The van der Waals surface area contributed by atoms with E-state index in [4.69, 9.17) is 0 Å². The molecular weight excluding hydrogens is 354 g/mol. The Labute approximate surface area is 153 Å². The molecule has 0 aliphatic carbocycles. The van der Waals surface area contributed by atoms with E-state index in [1.807, 2.05) is 17.7 Å². The molecule has 9 heteroatoms. The first-order valence-corrected chi connectivity index (χ1v) is 10.3. The fourth-order valence-corrected chi connectivity index (χ4v) is 4.62. The van der Waals surface area contributed by atoms with Crippen molar-refractivity contribution in [1.29, 1.82) is 0 Å². The van der Waals surface area contributed by atoms with Crippen LogP contribution < -0.4 is 5.32 Å². The SMILES string of the molecule is CCCS(=O)(=O)N1Cc2ccnn2C(CCNC(=O)c2cccnc2)C1. The summed E-state index contributed by atoms with van der Waals surface area (Å²) in [5.41, 5.74) is 1.38. The van der Waals surface area contributed by atoms with E-state index in [9.17, 15) is 13.2 Å². The number of aromatic nitrogens is 3. The minimum atomic E-state index is -3.27. The number of nitrogens with zero attached hydrogens (tertiary/aromatic N) is 4. The Balaban J connectivity index is 1.64. The molecule has 1 atom stereocenters. The van der Waals surface area contributed by atoms with Crippen LogP contribution >= 0.6 is 0 Å². The average molecular weight is 377 g/mol. The fourth-order valence-electron chi connectivity index (χ4n) is 3.12. The van der Waals surface area contributed by atoms with E-state index in [0.717, 1.165) is 5.69 Å². The summed E-state index contributed by atoms with van der Waals surface area (Å²) in [6.45, 7) is 3.01. The topological polar surface area (TPSA) is 97.2 Å². The van der Waals surface area contributed by atoms with Crippen LogP contribution in [-0.2, 0) is 16.6 Å². The van der Waals surface area contributed by atoms with Gasteiger partial charge in [-0.2, -0.15) is 9.40 Å². The van der Waals surface area contributed by atoms with Crippen LogP contribution in [0.4, 0.5) is 0 Å². The standard InChI is InChI=1S/C17H23N5O3S/c1-2-10-26(24,25)21-12-15(22-16(13-21)6-9-20-22)5-8-19-17(23)14-4-3-7-18-11-14/h3-4,6-7,9,11,15H,2,5,8,10,12-13H2,1H3,(H,19,23). The molecule has 1 amide bonds. The highest BCUT2D eigenvalue weighted by molar-refractivity contribution is 7.89. The first-order valence-electron chi connectivity index (χ1n) is 8.69. The smallest absolute Gasteiger partial charge is 0.252 e. The molecule has 0 saturated heterocycles. The maximum absolute atomic E-state index is 12.4. The Bertz CT molecular complexity index is 850. The van der Waals surface area contributed by atoms with Crippen molar-refractivity contribution in [3.8, 4) is 0 Å². The first-order chi connectivity index (χ1) is 12.5. The van der Waals surface area contributed by atoms with Gasteiger partial charge in [0.1, 0.15) is 0 Å². The summed E-state index contributed by atoms with van der Waals surface area (Å²) in [6.07, 6.45) is 6.00. The van der Waals surface area contributed by atoms with Gasteiger partial charge in [-0.05, 0) is 31.0 Å². The van der Waals surface area contributed by atoms with Crippen LogP contribution in [0.15, 0.2) is 36.8 Å². The lowest BCUT2D eigenvalue weighted by Crippen LogP contribution is -2.43. The van der Waals surface area contributed by atoms with Crippen molar-refractivity contribution in [3.05, 3.63) is 48.0 Å². The number of carbonyl (C=O) groups excluding carboxylic acids is 1. The molecule has 1 aliphatic rings. The fraction of sp³-hybridized carbons (Fsp3) is 0.471. The predicted octanol–water partition coefficient (Wildman–Crippen LogP) is 1.19. The normalized spacial score (nSPS) is 17.7. The van der Waals surface area contributed by atoms with Crippen molar-refractivity contribution in [1.82, 2.24) is 24.4 Å². The lowest BCUT2D eigenvalue weighted by Gasteiger charge is -2.33. The number of rotatable bonds is 7. The van der Waals surface area contributed by atoms with Gasteiger partial charge in [0.2, 0.25) is 10.0 Å². The van der Waals surface area contributed by atoms with Gasteiger partial charge in [0, 0.05) is 31.7 Å². The van der Waals surface area contributed by atoms with Crippen molar-refractivity contribution in [2.75, 3.05) is 18.8 Å². The van der Waals surface area contributed by atoms with Crippen LogP contribution in [0.5, 0.6) is 0 Å². The number of hydrogen-bond acceptors (Lipinski definition) is 5. The minimum Gasteiger partial charge on any atom is -0.352 e. The van der Waals surface area contributed by atoms with Crippen LogP contribution in [0, 0.1) is 0 Å². The van der Waals surface area contributed by atoms with Gasteiger partial charge in [0.05, 0.1) is 29.6 Å². The highest BCUT2D eigenvalue weighted by atomic mass is 32.2. The van der Waals surface area contributed by atoms with E-state index in [2.05, 4.69) is 15.4 Å². The van der Waals surface area contributed by atoms with E-state index >= 15 is 0 Å². The molecule has 3 heterocycles. The summed E-state index contributed by atoms with van der Waals surface area (Å²) in [5, 5.41) is 7.19. The number of amides is 1. The quantitative estimate of drug-likeness (QED) is 0.782. The summed E-state index contributed by atoms with van der Waals surface area (Å²) < 4.78 is 28.3. The van der Waals surface area contributed by atoms with Gasteiger partial charge in [-0.25, -0.2) is 8.42 Å². The van der Waals surface area contributed by atoms with Crippen LogP contribution in [-0.4, -0.2) is 52.2 Å². The van der Waals surface area contributed by atoms with E-state index < -0.39 is 10.0 Å². The highest BCUT2D eigenvalue weighted by Crippen LogP contribution is 2.25. The highest BCUT2D eigenvalue weighted by Gasteiger charge is 2.32. The van der Waals surface area contributed by atoms with E-state index in [0.29, 0.717) is 38.0 Å². The molecular formula is C17H23N5O3S. The van der Waals surface area contributed by atoms with E-state index in [1.165, 1.54) is 10.5 Å². The lowest BCUT2D eigenvalue weighted by molar-refractivity contribution is 0.0949. The maximum Gasteiger partial charge on any atom is 0.252 e. The van der Waals surface area contributed by atoms with Gasteiger partial charge in [0.15, 0.2) is 0 Å². The van der Waals surface area contributed by atoms with Crippen molar-refractivity contribution < 1.29 is 13.2 Å². The van der Waals surface area contributed by atoms with Crippen LogP contribution in [0.3, 0.4) is 0 Å². The Hall–Kier alpha value is -2.26. The Morgan fingerprint density at radius 3 is 2.92 bits per heavy atom. The molecule has 1 unspecified atom stereocenters. The molecule has 0 spiro atoms. The Morgan fingerprint density at radius 1 is 1.35 bits per heavy atom. The monoisotopic (exact) mass is 377 g/mol. The van der Waals surface area contributed by atoms with Gasteiger partial charge >= 0.3 is 0 Å². The second-order valence-corrected chi connectivity index (χ2v) is 8.40. The number of fused-ring (bicyclic) bond motifs is 1. The van der Waals surface area contributed by atoms with E-state index in [-0.39, 0.29) is 17.7 Å². The zero-order chi connectivity index (χ0) is 18.6. The molecule has 2 aromatic heterocycles. The molecule has 0 radical (unpaired) electrons. The molecule has 26 heavy (non-hydrogen) atoms. The lowest BCUT2D eigenvalue weighted by atomic mass is 10.1. The minimum absolute atomic E-state index is 0.102. The molecule has 0 fully saturated rings. The number of hydrogen-bond donors (Lipinski definition) is 1. The van der Waals surface area contributed by atoms with Gasteiger partial charge in [0.25, 0.3) is 5.91 Å². The summed E-state index contributed by atoms with van der Waals surface area (Å²) in [4.78, 5) is 16.0. The predicted molar refractivity (Wildman–Crippen MR) is 96.9 cm³/mol. The summed E-state index contributed by atoms with van der Waals surface area (Å²) in [6, 6.07) is 5.15. The van der Waals surface area contributed by atoms with Crippen LogP contribution in [0.25, 0.3) is 0 Å². The van der Waals surface area contributed by atoms with Crippen molar-refractivity contribution in [2.24, 2.45) is 0 Å². The molecule has 0 aromatic carbocycles. The number of carbonyl (C=O) groups is 1. The van der Waals surface area contributed by atoms with Crippen molar-refractivity contribution >= 4 is 15.9 Å². The molecule has 1 aliphatic heterocycles. The Kier molecular flexibility index (Phi) is 5.67. The second-order valence-electron chi connectivity index (χ2n) is 6.32. The summed E-state index contributed by atoms with van der Waals surface area (Å²) >= 11 is 0. The maximum atomic E-state index is 12.4. The number of pyridine rings is 1. The number of sulfonamides is 1. The zero-order valence-electron chi connectivity index (χ0n) is 14.7. The largest absolute Gasteiger partial charge is 0.352 e. The van der Waals surface area contributed by atoms with E-state index in [1.54, 1.807) is 24.5 Å². The third-order valence-corrected chi connectivity index (χ3v) is 6.38. The third kappa shape index (κ3) is 4.10. The average Bonchev–Trinajstić information content (AvgIpc) is 3.11. The summed E-state index contributed by atoms with van der Waals surface area (Å²) in [7, 11) is -3.27. The van der Waals surface area contributed by atoms with Gasteiger partial charge in [-0.1, -0.05) is 6.92 Å². The Morgan fingerprint density at radius 2 is 2.19 bits per heavy atom. The second kappa shape index (κ2) is 7.96. The molecule has 0 saturated carbocycles. The van der Waals surface area contributed by atoms with Crippen LogP contribution in [0.2, 0.25) is 0 Å². The first kappa shape index (κ1) is 18.5. The molecule has 140 valence electrons. The third-order valence-electron chi connectivity index (χ3n) is 4.39. The molecule has 8 nitrogen and oxygen atoms in total. The molecule has 2 aromatic rings. The van der Waals surface area contributed by atoms with Gasteiger partial charge in [-0.15, -0.1) is 0 Å².